The SMILES string of the molecule is O=C(S[C@H]1C[C@@H](C(=O)N2CCN(c3nccs3)CC2)N(C(=O)OCc2ccc([N+](=O)[O-])cc2)C1)c1ccccc1. The van der Waals surface area contributed by atoms with Crippen molar-refractivity contribution in [2.75, 3.05) is 37.6 Å². The zero-order valence-electron chi connectivity index (χ0n) is 21.5. The number of hydrogen-bond acceptors (Lipinski definition) is 10. The Balaban J connectivity index is 1.25. The number of carbonyl (C=O) groups is 3. The van der Waals surface area contributed by atoms with Gasteiger partial charge in [0.15, 0.2) is 5.13 Å². The number of anilines is 1. The van der Waals surface area contributed by atoms with E-state index in [4.69, 9.17) is 4.74 Å². The maximum atomic E-state index is 13.7. The number of nitrogens with zero attached hydrogens (tertiary/aromatic N) is 5. The third-order valence-corrected chi connectivity index (χ3v) is 8.81. The number of carbonyl (C=O) groups excluding carboxylic acids is 3. The summed E-state index contributed by atoms with van der Waals surface area (Å²) in [6.07, 6.45) is 1.43. The molecule has 1 aromatic heterocycles. The second-order valence-electron chi connectivity index (χ2n) is 9.40. The number of non-ortho nitro benzene ring substituents is 1. The van der Waals surface area contributed by atoms with Crippen molar-refractivity contribution < 1.29 is 24.0 Å². The van der Waals surface area contributed by atoms with Crippen molar-refractivity contribution in [1.82, 2.24) is 14.8 Å². The summed E-state index contributed by atoms with van der Waals surface area (Å²) in [6, 6.07) is 13.9. The Morgan fingerprint density at radius 3 is 2.42 bits per heavy atom. The van der Waals surface area contributed by atoms with Gasteiger partial charge in [0.25, 0.3) is 5.69 Å². The van der Waals surface area contributed by atoms with Gasteiger partial charge in [-0.25, -0.2) is 9.78 Å². The molecule has 0 bridgehead atoms. The fourth-order valence-electron chi connectivity index (χ4n) is 4.76. The van der Waals surface area contributed by atoms with Gasteiger partial charge in [0.05, 0.1) is 4.92 Å². The molecule has 2 amide bonds. The van der Waals surface area contributed by atoms with E-state index in [1.807, 2.05) is 11.4 Å². The Labute approximate surface area is 238 Å². The Morgan fingerprint density at radius 2 is 1.77 bits per heavy atom. The van der Waals surface area contributed by atoms with Crippen molar-refractivity contribution in [3.63, 3.8) is 0 Å². The molecule has 2 aliphatic heterocycles. The number of hydrogen-bond donors (Lipinski definition) is 0. The normalized spacial score (nSPS) is 18.9. The fraction of sp³-hybridized carbons (Fsp3) is 0.333. The van der Waals surface area contributed by atoms with E-state index in [1.54, 1.807) is 46.7 Å². The summed E-state index contributed by atoms with van der Waals surface area (Å²) >= 11 is 2.68. The molecule has 0 aliphatic carbocycles. The van der Waals surface area contributed by atoms with Gasteiger partial charge in [-0.15, -0.1) is 11.3 Å². The summed E-state index contributed by atoms with van der Waals surface area (Å²) in [5.74, 6) is -0.165. The van der Waals surface area contributed by atoms with Crippen molar-refractivity contribution in [2.45, 2.75) is 24.3 Å². The van der Waals surface area contributed by atoms with Crippen LogP contribution < -0.4 is 4.90 Å². The highest BCUT2D eigenvalue weighted by Crippen LogP contribution is 2.32. The van der Waals surface area contributed by atoms with Crippen molar-refractivity contribution in [2.24, 2.45) is 0 Å². The first kappa shape index (κ1) is 27.6. The number of nitro groups is 1. The van der Waals surface area contributed by atoms with Crippen LogP contribution in [0.3, 0.4) is 0 Å². The number of aromatic nitrogens is 1. The highest BCUT2D eigenvalue weighted by molar-refractivity contribution is 8.14. The molecule has 3 heterocycles. The van der Waals surface area contributed by atoms with E-state index < -0.39 is 17.1 Å². The molecule has 2 aliphatic rings. The van der Waals surface area contributed by atoms with Gasteiger partial charge in [0, 0.05) is 67.2 Å². The highest BCUT2D eigenvalue weighted by atomic mass is 32.2. The van der Waals surface area contributed by atoms with Crippen molar-refractivity contribution in [3.8, 4) is 0 Å². The Bertz CT molecular complexity index is 1350. The van der Waals surface area contributed by atoms with Crippen LogP contribution in [0.15, 0.2) is 66.2 Å². The van der Waals surface area contributed by atoms with Crippen molar-refractivity contribution in [3.05, 3.63) is 87.4 Å². The monoisotopic (exact) mass is 581 g/mol. The molecule has 0 N–H and O–H groups in total. The number of benzene rings is 2. The fourth-order valence-corrected chi connectivity index (χ4v) is 6.54. The summed E-state index contributed by atoms with van der Waals surface area (Å²) in [5, 5.41) is 13.3. The predicted molar refractivity (Wildman–Crippen MR) is 151 cm³/mol. The quantitative estimate of drug-likeness (QED) is 0.300. The van der Waals surface area contributed by atoms with Crippen LogP contribution in [0, 0.1) is 10.1 Å². The topological polar surface area (TPSA) is 126 Å². The summed E-state index contributed by atoms with van der Waals surface area (Å²) in [6.45, 7) is 2.38. The van der Waals surface area contributed by atoms with Crippen molar-refractivity contribution in [1.29, 1.82) is 0 Å². The molecule has 0 saturated carbocycles. The molecule has 3 aromatic rings. The molecular formula is C27H27N5O6S2. The van der Waals surface area contributed by atoms with E-state index in [1.165, 1.54) is 29.2 Å². The maximum absolute atomic E-state index is 13.7. The van der Waals surface area contributed by atoms with Gasteiger partial charge >= 0.3 is 6.09 Å². The maximum Gasteiger partial charge on any atom is 0.410 e. The van der Waals surface area contributed by atoms with E-state index in [9.17, 15) is 24.5 Å². The number of ether oxygens (including phenoxy) is 1. The predicted octanol–water partition coefficient (Wildman–Crippen LogP) is 4.05. The first-order valence-corrected chi connectivity index (χ1v) is 14.5. The van der Waals surface area contributed by atoms with Crippen LogP contribution in [0.25, 0.3) is 0 Å². The zero-order valence-corrected chi connectivity index (χ0v) is 23.1. The summed E-state index contributed by atoms with van der Waals surface area (Å²) in [5.41, 5.74) is 1.09. The Kier molecular flexibility index (Phi) is 8.60. The van der Waals surface area contributed by atoms with E-state index in [0.29, 0.717) is 43.7 Å². The molecule has 2 fully saturated rings. The molecule has 0 spiro atoms. The smallest absolute Gasteiger partial charge is 0.410 e. The van der Waals surface area contributed by atoms with Gasteiger partial charge in [-0.1, -0.05) is 42.1 Å². The van der Waals surface area contributed by atoms with E-state index >= 15 is 0 Å². The van der Waals surface area contributed by atoms with E-state index in [2.05, 4.69) is 9.88 Å². The second kappa shape index (κ2) is 12.5. The third kappa shape index (κ3) is 6.42. The van der Waals surface area contributed by atoms with Crippen LogP contribution >= 0.6 is 23.1 Å². The van der Waals surface area contributed by atoms with Gasteiger partial charge in [-0.2, -0.15) is 0 Å². The molecule has 208 valence electrons. The number of thiazole rings is 1. The lowest BCUT2D eigenvalue weighted by atomic mass is 10.1. The summed E-state index contributed by atoms with van der Waals surface area (Å²) in [7, 11) is 0. The molecule has 5 rings (SSSR count). The van der Waals surface area contributed by atoms with Crippen molar-refractivity contribution >= 4 is 51.0 Å². The Morgan fingerprint density at radius 1 is 1.05 bits per heavy atom. The lowest BCUT2D eigenvalue weighted by Crippen LogP contribution is -2.54. The van der Waals surface area contributed by atoms with Crippen LogP contribution in [0.5, 0.6) is 0 Å². The number of amides is 2. The number of rotatable bonds is 7. The first-order chi connectivity index (χ1) is 19.4. The van der Waals surface area contributed by atoms with Gasteiger partial charge < -0.3 is 14.5 Å². The number of piperazine rings is 1. The minimum atomic E-state index is -0.753. The van der Waals surface area contributed by atoms with Gasteiger partial charge in [0.2, 0.25) is 11.0 Å². The molecule has 0 unspecified atom stereocenters. The van der Waals surface area contributed by atoms with Crippen LogP contribution in [-0.4, -0.2) is 80.8 Å². The Hall–Kier alpha value is -3.97. The summed E-state index contributed by atoms with van der Waals surface area (Å²) < 4.78 is 5.52. The minimum absolute atomic E-state index is 0.0572. The largest absolute Gasteiger partial charge is 0.445 e. The van der Waals surface area contributed by atoms with Gasteiger partial charge in [0.1, 0.15) is 12.6 Å². The van der Waals surface area contributed by atoms with E-state index in [0.717, 1.165) is 16.9 Å². The summed E-state index contributed by atoms with van der Waals surface area (Å²) in [4.78, 5) is 59.8. The molecule has 13 heteroatoms. The van der Waals surface area contributed by atoms with Gasteiger partial charge in [-0.05, 0) is 24.1 Å². The third-order valence-electron chi connectivity index (χ3n) is 6.86. The van der Waals surface area contributed by atoms with Crippen LogP contribution in [0.4, 0.5) is 15.6 Å². The zero-order chi connectivity index (χ0) is 28.1. The molecule has 2 atom stereocenters. The lowest BCUT2D eigenvalue weighted by molar-refractivity contribution is -0.384. The first-order valence-electron chi connectivity index (χ1n) is 12.7. The molecule has 2 aromatic carbocycles. The molecule has 40 heavy (non-hydrogen) atoms. The van der Waals surface area contributed by atoms with Gasteiger partial charge in [-0.3, -0.25) is 24.6 Å². The number of thioether (sulfide) groups is 1. The minimum Gasteiger partial charge on any atom is -0.445 e. The van der Waals surface area contributed by atoms with Crippen LogP contribution in [-0.2, 0) is 16.1 Å². The average molecular weight is 582 g/mol. The standard InChI is InChI=1S/C27H27N5O6S2/c33-24(29-11-13-30(14-12-29)26-28-10-15-39-26)23-16-22(40-25(34)20-4-2-1-3-5-20)17-31(23)27(35)38-18-19-6-8-21(9-7-19)32(36)37/h1-10,15,22-23H,11-14,16-18H2/t22-,23-/m0/s1. The average Bonchev–Trinajstić information content (AvgIpc) is 3.67. The molecule has 2 saturated heterocycles. The van der Waals surface area contributed by atoms with E-state index in [-0.39, 0.29) is 35.1 Å². The van der Waals surface area contributed by atoms with Crippen LogP contribution in [0.1, 0.15) is 22.3 Å². The molecule has 11 nitrogen and oxygen atoms in total. The second-order valence-corrected chi connectivity index (χ2v) is 11.5. The van der Waals surface area contributed by atoms with Crippen LogP contribution in [0.2, 0.25) is 0 Å². The highest BCUT2D eigenvalue weighted by Gasteiger charge is 2.43. The lowest BCUT2D eigenvalue weighted by Gasteiger charge is -2.37. The molecule has 0 radical (unpaired) electrons. The number of likely N-dealkylation sites (tertiary alicyclic amines) is 1. The molecular weight excluding hydrogens is 554 g/mol. The number of nitro benzene ring substituents is 1.